The smallest absolute Gasteiger partial charge is 0.306 e. The molecule has 0 radical (unpaired) electrons. The fourth-order valence-corrected chi connectivity index (χ4v) is 2.56. The predicted octanol–water partition coefficient (Wildman–Crippen LogP) is 0.473. The molecule has 0 unspecified atom stereocenters. The van der Waals surface area contributed by atoms with E-state index in [4.69, 9.17) is 0 Å². The van der Waals surface area contributed by atoms with Crippen molar-refractivity contribution in [2.45, 2.75) is 26.3 Å². The fraction of sp³-hybridized carbons (Fsp3) is 0.538. The highest BCUT2D eigenvalue weighted by molar-refractivity contribution is 7.87. The lowest BCUT2D eigenvalue weighted by atomic mass is 10.1. The van der Waals surface area contributed by atoms with Gasteiger partial charge in [-0.3, -0.25) is 9.78 Å². The van der Waals surface area contributed by atoms with Crippen LogP contribution in [0.3, 0.4) is 0 Å². The van der Waals surface area contributed by atoms with Crippen LogP contribution >= 0.6 is 0 Å². The van der Waals surface area contributed by atoms with E-state index in [0.29, 0.717) is 5.69 Å². The molecule has 1 aromatic heterocycles. The zero-order valence-corrected chi connectivity index (χ0v) is 13.3. The zero-order valence-electron chi connectivity index (χ0n) is 12.5. The van der Waals surface area contributed by atoms with E-state index >= 15 is 0 Å². The molecule has 0 spiro atoms. The van der Waals surface area contributed by atoms with Crippen molar-refractivity contribution in [1.29, 1.82) is 0 Å². The molecule has 0 aliphatic rings. The molecule has 118 valence electrons. The summed E-state index contributed by atoms with van der Waals surface area (Å²) in [6.07, 6.45) is 2.42. The number of carbonyl (C=O) groups excluding carboxylic acids is 1. The van der Waals surface area contributed by atoms with E-state index in [1.807, 2.05) is 19.1 Å². The van der Waals surface area contributed by atoms with Crippen LogP contribution in [-0.4, -0.2) is 44.4 Å². The number of hydrogen-bond donors (Lipinski definition) is 1. The first kappa shape index (κ1) is 17.5. The van der Waals surface area contributed by atoms with E-state index < -0.39 is 16.2 Å². The number of hydrogen-bond acceptors (Lipinski definition) is 5. The third-order valence-electron chi connectivity index (χ3n) is 3.06. The quantitative estimate of drug-likeness (QED) is 0.705. The lowest BCUT2D eigenvalue weighted by molar-refractivity contribution is -0.140. The third kappa shape index (κ3) is 5.41. The number of carbonyl (C=O) groups is 1. The van der Waals surface area contributed by atoms with Gasteiger partial charge in [-0.1, -0.05) is 13.0 Å². The molecule has 0 amide bonds. The number of methoxy groups -OCH3 is 1. The zero-order chi connectivity index (χ0) is 15.9. The number of ether oxygens (including phenoxy) is 1. The van der Waals surface area contributed by atoms with Crippen molar-refractivity contribution in [2.75, 3.05) is 20.7 Å². The summed E-state index contributed by atoms with van der Waals surface area (Å²) < 4.78 is 32.1. The highest BCUT2D eigenvalue weighted by Gasteiger charge is 2.18. The lowest BCUT2D eigenvalue weighted by Gasteiger charge is -2.17. The molecule has 0 aliphatic carbocycles. The molecule has 1 N–H and O–H groups in total. The highest BCUT2D eigenvalue weighted by atomic mass is 32.2. The maximum Gasteiger partial charge on any atom is 0.306 e. The Morgan fingerprint density at radius 2 is 2.19 bits per heavy atom. The number of aryl methyl sites for hydroxylation is 1. The standard InChI is InChI=1S/C13H21N3O4S/c1-4-11-6-5-8-14-12(11)10-15-21(18,19)16(2)9-7-13(17)20-3/h5-6,8,15H,4,7,9-10H2,1-3H3. The van der Waals surface area contributed by atoms with Crippen molar-refractivity contribution < 1.29 is 17.9 Å². The molecule has 7 nitrogen and oxygen atoms in total. The first-order valence-electron chi connectivity index (χ1n) is 6.61. The van der Waals surface area contributed by atoms with Gasteiger partial charge in [0.25, 0.3) is 10.2 Å². The van der Waals surface area contributed by atoms with Gasteiger partial charge in [0.2, 0.25) is 0 Å². The number of pyridine rings is 1. The van der Waals surface area contributed by atoms with Gasteiger partial charge in [-0.25, -0.2) is 0 Å². The molecule has 0 aromatic carbocycles. The largest absolute Gasteiger partial charge is 0.469 e. The van der Waals surface area contributed by atoms with Gasteiger partial charge in [0.15, 0.2) is 0 Å². The normalized spacial score (nSPS) is 11.6. The van der Waals surface area contributed by atoms with Crippen LogP contribution in [0.15, 0.2) is 18.3 Å². The average Bonchev–Trinajstić information content (AvgIpc) is 2.50. The Morgan fingerprint density at radius 1 is 1.48 bits per heavy atom. The van der Waals surface area contributed by atoms with Gasteiger partial charge in [-0.2, -0.15) is 17.4 Å². The second kappa shape index (κ2) is 8.06. The van der Waals surface area contributed by atoms with Crippen LogP contribution in [0, 0.1) is 0 Å². The van der Waals surface area contributed by atoms with Crippen LogP contribution in [0.25, 0.3) is 0 Å². The molecule has 0 saturated carbocycles. The van der Waals surface area contributed by atoms with E-state index in [0.717, 1.165) is 16.3 Å². The lowest BCUT2D eigenvalue weighted by Crippen LogP contribution is -2.39. The van der Waals surface area contributed by atoms with E-state index in [9.17, 15) is 13.2 Å². The van der Waals surface area contributed by atoms with Crippen LogP contribution in [0.4, 0.5) is 0 Å². The maximum atomic E-state index is 12.0. The topological polar surface area (TPSA) is 88.6 Å². The van der Waals surface area contributed by atoms with Gasteiger partial charge < -0.3 is 4.74 Å². The Hall–Kier alpha value is -1.51. The molecule has 8 heteroatoms. The van der Waals surface area contributed by atoms with Gasteiger partial charge in [-0.15, -0.1) is 0 Å². The minimum Gasteiger partial charge on any atom is -0.469 e. The van der Waals surface area contributed by atoms with E-state index in [1.54, 1.807) is 6.20 Å². The summed E-state index contributed by atoms with van der Waals surface area (Å²) in [5.41, 5.74) is 1.70. The van der Waals surface area contributed by atoms with Crippen molar-refractivity contribution in [3.05, 3.63) is 29.6 Å². The van der Waals surface area contributed by atoms with Crippen molar-refractivity contribution in [1.82, 2.24) is 14.0 Å². The molecule has 0 bridgehead atoms. The predicted molar refractivity (Wildman–Crippen MR) is 78.6 cm³/mol. The summed E-state index contributed by atoms with van der Waals surface area (Å²) in [7, 11) is -0.978. The van der Waals surface area contributed by atoms with E-state index in [1.165, 1.54) is 14.2 Å². The van der Waals surface area contributed by atoms with Crippen LogP contribution in [-0.2, 0) is 32.7 Å². The molecule has 1 aromatic rings. The summed E-state index contributed by atoms with van der Waals surface area (Å²) in [5, 5.41) is 0. The molecule has 1 rings (SSSR count). The van der Waals surface area contributed by atoms with Crippen molar-refractivity contribution >= 4 is 16.2 Å². The summed E-state index contributed by atoms with van der Waals surface area (Å²) >= 11 is 0. The van der Waals surface area contributed by atoms with Crippen LogP contribution in [0.2, 0.25) is 0 Å². The molecule has 0 saturated heterocycles. The number of esters is 1. The van der Waals surface area contributed by atoms with Gasteiger partial charge in [0.05, 0.1) is 25.8 Å². The summed E-state index contributed by atoms with van der Waals surface area (Å²) in [4.78, 5) is 15.2. The van der Waals surface area contributed by atoms with Gasteiger partial charge in [0, 0.05) is 19.8 Å². The maximum absolute atomic E-state index is 12.0. The van der Waals surface area contributed by atoms with Crippen molar-refractivity contribution in [3.8, 4) is 0 Å². The van der Waals surface area contributed by atoms with Gasteiger partial charge in [0.1, 0.15) is 0 Å². The van der Waals surface area contributed by atoms with Crippen LogP contribution < -0.4 is 4.72 Å². The minimum absolute atomic E-state index is 0.0116. The first-order chi connectivity index (χ1) is 9.90. The third-order valence-corrected chi connectivity index (χ3v) is 4.57. The van der Waals surface area contributed by atoms with Crippen molar-refractivity contribution in [2.24, 2.45) is 0 Å². The summed E-state index contributed by atoms with van der Waals surface area (Å²) in [5.74, 6) is -0.449. The Bertz CT molecular complexity index is 575. The minimum atomic E-state index is -3.65. The monoisotopic (exact) mass is 315 g/mol. The number of rotatable bonds is 8. The van der Waals surface area contributed by atoms with Crippen molar-refractivity contribution in [3.63, 3.8) is 0 Å². The Labute approximate surface area is 125 Å². The number of nitrogens with one attached hydrogen (secondary N) is 1. The Kier molecular flexibility index (Phi) is 6.73. The summed E-state index contributed by atoms with van der Waals surface area (Å²) in [6, 6.07) is 3.73. The van der Waals surface area contributed by atoms with E-state index in [2.05, 4.69) is 14.4 Å². The molecular weight excluding hydrogens is 294 g/mol. The SMILES string of the molecule is CCc1cccnc1CNS(=O)(=O)N(C)CCC(=O)OC. The molecule has 0 aliphatic heterocycles. The summed E-state index contributed by atoms with van der Waals surface area (Å²) in [6.45, 7) is 2.16. The molecule has 21 heavy (non-hydrogen) atoms. The van der Waals surface area contributed by atoms with Crippen LogP contribution in [0.5, 0.6) is 0 Å². The molecular formula is C13H21N3O4S. The number of aromatic nitrogens is 1. The van der Waals surface area contributed by atoms with Crippen LogP contribution in [0.1, 0.15) is 24.6 Å². The van der Waals surface area contributed by atoms with E-state index in [-0.39, 0.29) is 19.5 Å². The van der Waals surface area contributed by atoms with Gasteiger partial charge in [-0.05, 0) is 18.1 Å². The Balaban J connectivity index is 2.61. The molecule has 0 fully saturated rings. The second-order valence-electron chi connectivity index (χ2n) is 4.44. The first-order valence-corrected chi connectivity index (χ1v) is 8.05. The Morgan fingerprint density at radius 3 is 2.81 bits per heavy atom. The molecule has 0 atom stereocenters. The van der Waals surface area contributed by atoms with Gasteiger partial charge >= 0.3 is 5.97 Å². The molecule has 1 heterocycles. The average molecular weight is 315 g/mol. The fourth-order valence-electron chi connectivity index (χ4n) is 1.69. The highest BCUT2D eigenvalue weighted by Crippen LogP contribution is 2.07. The number of nitrogens with zero attached hydrogens (tertiary/aromatic N) is 2. The second-order valence-corrected chi connectivity index (χ2v) is 6.30.